The van der Waals surface area contributed by atoms with E-state index in [1.165, 1.54) is 7.11 Å². The fraction of sp³-hybridized carbons (Fsp3) is 0.556. The molecular weight excluding hydrogens is 310 g/mol. The summed E-state index contributed by atoms with van der Waals surface area (Å²) in [6, 6.07) is 7.48. The molecule has 0 heterocycles. The van der Waals surface area contributed by atoms with Crippen molar-refractivity contribution < 1.29 is 13.7 Å². The van der Waals surface area contributed by atoms with Crippen molar-refractivity contribution >= 4 is 22.7 Å². The van der Waals surface area contributed by atoms with E-state index in [0.717, 1.165) is 30.5 Å². The van der Waals surface area contributed by atoms with Gasteiger partial charge in [-0.05, 0) is 64.0 Å². The van der Waals surface area contributed by atoms with Gasteiger partial charge in [-0.15, -0.1) is 0 Å². The van der Waals surface area contributed by atoms with Crippen molar-refractivity contribution in [2.75, 3.05) is 7.11 Å². The Morgan fingerprint density at radius 3 is 2.52 bits per heavy atom. The van der Waals surface area contributed by atoms with Crippen LogP contribution < -0.4 is 0 Å². The highest BCUT2D eigenvalue weighted by Crippen LogP contribution is 2.33. The molecule has 0 N–H and O–H groups in total. The Labute approximate surface area is 140 Å². The zero-order chi connectivity index (χ0) is 17.0. The quantitative estimate of drug-likeness (QED) is 0.588. The van der Waals surface area contributed by atoms with Gasteiger partial charge in [0.1, 0.15) is 11.0 Å². The molecule has 0 spiro atoms. The minimum atomic E-state index is -1.23. The van der Waals surface area contributed by atoms with Crippen LogP contribution in [0.5, 0.6) is 0 Å². The SMILES string of the molecule is COC(=O)c1ccccc1CC/C(=N/[S@](=O)C(C)(C)C)C1CC1. The van der Waals surface area contributed by atoms with Crippen molar-refractivity contribution in [3.63, 3.8) is 0 Å². The fourth-order valence-electron chi connectivity index (χ4n) is 2.29. The van der Waals surface area contributed by atoms with Gasteiger partial charge in [-0.2, -0.15) is 4.40 Å². The molecule has 1 aliphatic rings. The number of carbonyl (C=O) groups is 1. The molecule has 0 bridgehead atoms. The van der Waals surface area contributed by atoms with Gasteiger partial charge in [0.2, 0.25) is 0 Å². The van der Waals surface area contributed by atoms with Gasteiger partial charge < -0.3 is 4.74 Å². The zero-order valence-corrected chi connectivity index (χ0v) is 15.1. The summed E-state index contributed by atoms with van der Waals surface area (Å²) in [6.45, 7) is 5.80. The van der Waals surface area contributed by atoms with Gasteiger partial charge in [0.25, 0.3) is 0 Å². The number of aryl methyl sites for hydroxylation is 1. The molecule has 0 aromatic heterocycles. The third-order valence-corrected chi connectivity index (χ3v) is 5.29. The van der Waals surface area contributed by atoms with Gasteiger partial charge >= 0.3 is 5.97 Å². The van der Waals surface area contributed by atoms with Crippen molar-refractivity contribution in [1.82, 2.24) is 0 Å². The van der Waals surface area contributed by atoms with E-state index in [2.05, 4.69) is 4.40 Å². The molecular formula is C18H25NO3S. The van der Waals surface area contributed by atoms with Crippen LogP contribution in [0.1, 0.15) is 56.0 Å². The van der Waals surface area contributed by atoms with E-state index in [0.29, 0.717) is 17.9 Å². The fourth-order valence-corrected chi connectivity index (χ4v) is 3.02. The lowest BCUT2D eigenvalue weighted by molar-refractivity contribution is 0.0599. The number of esters is 1. The Hall–Kier alpha value is -1.49. The molecule has 23 heavy (non-hydrogen) atoms. The van der Waals surface area contributed by atoms with Crippen molar-refractivity contribution in [3.05, 3.63) is 35.4 Å². The number of carbonyl (C=O) groups excluding carboxylic acids is 1. The Bertz CT molecular complexity index is 627. The van der Waals surface area contributed by atoms with Crippen LogP contribution in [0.4, 0.5) is 0 Å². The van der Waals surface area contributed by atoms with Gasteiger partial charge in [0.05, 0.1) is 17.4 Å². The zero-order valence-electron chi connectivity index (χ0n) is 14.3. The van der Waals surface area contributed by atoms with Crippen LogP contribution in [-0.4, -0.2) is 27.7 Å². The van der Waals surface area contributed by atoms with Crippen LogP contribution in [0.25, 0.3) is 0 Å². The van der Waals surface area contributed by atoms with E-state index >= 15 is 0 Å². The number of hydrogen-bond acceptors (Lipinski definition) is 3. The van der Waals surface area contributed by atoms with Crippen molar-refractivity contribution in [2.45, 2.75) is 51.2 Å². The molecule has 1 aromatic rings. The smallest absolute Gasteiger partial charge is 0.338 e. The highest BCUT2D eigenvalue weighted by molar-refractivity contribution is 7.85. The molecule has 1 aliphatic carbocycles. The Morgan fingerprint density at radius 2 is 1.96 bits per heavy atom. The van der Waals surface area contributed by atoms with E-state index < -0.39 is 11.0 Å². The molecule has 5 heteroatoms. The molecule has 0 amide bonds. The first-order valence-corrected chi connectivity index (χ1v) is 9.09. The predicted molar refractivity (Wildman–Crippen MR) is 94.2 cm³/mol. The normalized spacial score (nSPS) is 17.0. The van der Waals surface area contributed by atoms with Gasteiger partial charge in [-0.3, -0.25) is 0 Å². The number of rotatable bonds is 6. The first-order chi connectivity index (χ1) is 10.8. The summed E-state index contributed by atoms with van der Waals surface area (Å²) in [6.07, 6.45) is 3.69. The number of ether oxygens (including phenoxy) is 1. The summed E-state index contributed by atoms with van der Waals surface area (Å²) in [5.74, 6) is 0.148. The van der Waals surface area contributed by atoms with Gasteiger partial charge in [0, 0.05) is 5.71 Å². The first-order valence-electron chi connectivity index (χ1n) is 7.98. The average molecular weight is 335 g/mol. The van der Waals surface area contributed by atoms with E-state index in [4.69, 9.17) is 4.74 Å². The van der Waals surface area contributed by atoms with Crippen LogP contribution >= 0.6 is 0 Å². The van der Waals surface area contributed by atoms with Gasteiger partial charge in [-0.1, -0.05) is 18.2 Å². The summed E-state index contributed by atoms with van der Waals surface area (Å²) in [5, 5.41) is 0. The molecule has 0 aliphatic heterocycles. The van der Waals surface area contributed by atoms with Crippen LogP contribution in [0.2, 0.25) is 0 Å². The third-order valence-electron chi connectivity index (χ3n) is 3.85. The minimum Gasteiger partial charge on any atom is -0.465 e. The lowest BCUT2D eigenvalue weighted by Gasteiger charge is -2.15. The lowest BCUT2D eigenvalue weighted by atomic mass is 10.00. The Morgan fingerprint density at radius 1 is 1.30 bits per heavy atom. The number of nitrogens with zero attached hydrogens (tertiary/aromatic N) is 1. The van der Waals surface area contributed by atoms with E-state index in [1.54, 1.807) is 6.07 Å². The number of methoxy groups -OCH3 is 1. The molecule has 126 valence electrons. The first kappa shape index (κ1) is 17.9. The van der Waals surface area contributed by atoms with Crippen LogP contribution in [0.3, 0.4) is 0 Å². The topological polar surface area (TPSA) is 55.7 Å². The van der Waals surface area contributed by atoms with E-state index in [-0.39, 0.29) is 10.7 Å². The number of benzene rings is 1. The second-order valence-electron chi connectivity index (χ2n) is 6.87. The minimum absolute atomic E-state index is 0.316. The molecule has 1 atom stereocenters. The summed E-state index contributed by atoms with van der Waals surface area (Å²) in [5.41, 5.74) is 2.58. The van der Waals surface area contributed by atoms with Gasteiger partial charge in [0.15, 0.2) is 0 Å². The summed E-state index contributed by atoms with van der Waals surface area (Å²) in [7, 11) is 0.166. The van der Waals surface area contributed by atoms with Crippen molar-refractivity contribution in [2.24, 2.45) is 10.3 Å². The molecule has 0 saturated heterocycles. The van der Waals surface area contributed by atoms with Crippen LogP contribution in [0, 0.1) is 5.92 Å². The summed E-state index contributed by atoms with van der Waals surface area (Å²) >= 11 is 0. The summed E-state index contributed by atoms with van der Waals surface area (Å²) < 4.78 is 21.3. The summed E-state index contributed by atoms with van der Waals surface area (Å²) in [4.78, 5) is 11.8. The third kappa shape index (κ3) is 4.99. The molecule has 2 rings (SSSR count). The van der Waals surface area contributed by atoms with Crippen molar-refractivity contribution in [3.8, 4) is 0 Å². The Balaban J connectivity index is 2.13. The molecule has 1 aromatic carbocycles. The second-order valence-corrected chi connectivity index (χ2v) is 8.77. The van der Waals surface area contributed by atoms with Crippen LogP contribution in [0.15, 0.2) is 28.7 Å². The molecule has 1 saturated carbocycles. The monoisotopic (exact) mass is 335 g/mol. The predicted octanol–water partition coefficient (Wildman–Crippen LogP) is 3.72. The standard InChI is InChI=1S/C18H25NO3S/c1-18(2,3)23(21)19-16(14-9-10-14)12-11-13-7-5-6-8-15(13)17(20)22-4/h5-8,14H,9-12H2,1-4H3/b19-16-/t23-/m1/s1. The van der Waals surface area contributed by atoms with Crippen LogP contribution in [-0.2, 0) is 22.1 Å². The maximum Gasteiger partial charge on any atom is 0.338 e. The molecule has 4 nitrogen and oxygen atoms in total. The number of hydrogen-bond donors (Lipinski definition) is 0. The maximum absolute atomic E-state index is 12.3. The largest absolute Gasteiger partial charge is 0.465 e. The molecule has 0 radical (unpaired) electrons. The van der Waals surface area contributed by atoms with E-state index in [9.17, 15) is 9.00 Å². The maximum atomic E-state index is 12.3. The average Bonchev–Trinajstić information content (AvgIpc) is 3.34. The molecule has 0 unspecified atom stereocenters. The lowest BCUT2D eigenvalue weighted by Crippen LogP contribution is -2.21. The van der Waals surface area contributed by atoms with Gasteiger partial charge in [-0.25, -0.2) is 9.00 Å². The van der Waals surface area contributed by atoms with Crippen molar-refractivity contribution in [1.29, 1.82) is 0 Å². The second kappa shape index (κ2) is 7.39. The Kier molecular flexibility index (Phi) is 5.74. The molecule has 1 fully saturated rings. The highest BCUT2D eigenvalue weighted by Gasteiger charge is 2.29. The highest BCUT2D eigenvalue weighted by atomic mass is 32.2. The van der Waals surface area contributed by atoms with E-state index in [1.807, 2.05) is 39.0 Å².